The van der Waals surface area contributed by atoms with Gasteiger partial charge in [-0.25, -0.2) is 4.98 Å². The summed E-state index contributed by atoms with van der Waals surface area (Å²) in [5, 5.41) is 5.25. The zero-order chi connectivity index (χ0) is 15.5. The predicted molar refractivity (Wildman–Crippen MR) is 91.1 cm³/mol. The van der Waals surface area contributed by atoms with Crippen molar-refractivity contribution in [3.63, 3.8) is 0 Å². The molecule has 112 valence electrons. The molecule has 2 heterocycles. The fraction of sp³-hybridized carbons (Fsp3) is 0.125. The van der Waals surface area contributed by atoms with Crippen molar-refractivity contribution in [2.24, 2.45) is 0 Å². The third kappa shape index (κ3) is 3.03. The molecule has 1 amide bonds. The van der Waals surface area contributed by atoms with E-state index in [1.54, 1.807) is 13.3 Å². The largest absolute Gasteiger partial charge is 0.497 e. The van der Waals surface area contributed by atoms with Gasteiger partial charge in [-0.15, -0.1) is 22.7 Å². The van der Waals surface area contributed by atoms with Gasteiger partial charge < -0.3 is 4.74 Å². The van der Waals surface area contributed by atoms with Crippen LogP contribution in [0.2, 0.25) is 0 Å². The molecule has 3 aromatic rings. The average Bonchev–Trinajstić information content (AvgIpc) is 3.17. The Morgan fingerprint density at radius 1 is 1.27 bits per heavy atom. The van der Waals surface area contributed by atoms with E-state index in [0.717, 1.165) is 21.8 Å². The van der Waals surface area contributed by atoms with Crippen molar-refractivity contribution < 1.29 is 9.53 Å². The molecule has 2 aromatic heterocycles. The van der Waals surface area contributed by atoms with E-state index >= 15 is 0 Å². The summed E-state index contributed by atoms with van der Waals surface area (Å²) >= 11 is 2.89. The maximum absolute atomic E-state index is 12.3. The fourth-order valence-electron chi connectivity index (χ4n) is 2.10. The number of benzene rings is 1. The van der Waals surface area contributed by atoms with Crippen molar-refractivity contribution in [3.05, 3.63) is 51.7 Å². The van der Waals surface area contributed by atoms with Gasteiger partial charge in [0.2, 0.25) is 0 Å². The summed E-state index contributed by atoms with van der Waals surface area (Å²) in [6.07, 6.45) is 1.67. The molecule has 6 heteroatoms. The highest BCUT2D eigenvalue weighted by Crippen LogP contribution is 2.32. The molecule has 3 rings (SSSR count). The lowest BCUT2D eigenvalue weighted by Gasteiger charge is -2.02. The third-order valence-corrected chi connectivity index (χ3v) is 4.93. The zero-order valence-corrected chi connectivity index (χ0v) is 13.8. The van der Waals surface area contributed by atoms with Crippen LogP contribution in [0.5, 0.6) is 5.75 Å². The number of rotatable bonds is 4. The Balaban J connectivity index is 1.85. The summed E-state index contributed by atoms with van der Waals surface area (Å²) in [6.45, 7) is 2.02. The minimum absolute atomic E-state index is 0.122. The molecule has 0 saturated carbocycles. The van der Waals surface area contributed by atoms with E-state index < -0.39 is 0 Å². The zero-order valence-electron chi connectivity index (χ0n) is 12.1. The topological polar surface area (TPSA) is 51.2 Å². The predicted octanol–water partition coefficient (Wildman–Crippen LogP) is 4.44. The van der Waals surface area contributed by atoms with Gasteiger partial charge in [0, 0.05) is 16.5 Å². The van der Waals surface area contributed by atoms with Crippen LogP contribution in [0.15, 0.2) is 41.9 Å². The minimum Gasteiger partial charge on any atom is -0.497 e. The monoisotopic (exact) mass is 330 g/mol. The summed E-state index contributed by atoms with van der Waals surface area (Å²) in [5.74, 6) is 0.696. The first-order valence-electron chi connectivity index (χ1n) is 6.63. The second-order valence-electron chi connectivity index (χ2n) is 4.60. The van der Waals surface area contributed by atoms with E-state index in [1.807, 2.05) is 42.6 Å². The number of methoxy groups -OCH3 is 1. The van der Waals surface area contributed by atoms with Gasteiger partial charge in [-0.05, 0) is 36.2 Å². The Bertz CT molecular complexity index is 777. The van der Waals surface area contributed by atoms with E-state index in [1.165, 1.54) is 22.7 Å². The van der Waals surface area contributed by atoms with E-state index in [0.29, 0.717) is 10.0 Å². The van der Waals surface area contributed by atoms with Gasteiger partial charge in [0.25, 0.3) is 5.91 Å². The number of aromatic nitrogens is 1. The minimum atomic E-state index is -0.122. The van der Waals surface area contributed by atoms with Gasteiger partial charge in [0.05, 0.1) is 12.0 Å². The maximum Gasteiger partial charge on any atom is 0.267 e. The summed E-state index contributed by atoms with van der Waals surface area (Å²) < 4.78 is 5.17. The van der Waals surface area contributed by atoms with Gasteiger partial charge in [-0.2, -0.15) is 0 Å². The standard InChI is InChI=1S/C16H14N2O2S2/c1-10-13(11-3-5-12(20-2)6-4-11)9-14(22-10)15(19)18-16-17-7-8-21-16/h3-9H,1-2H3,(H,17,18,19). The van der Waals surface area contributed by atoms with Crippen LogP contribution in [0.4, 0.5) is 5.13 Å². The molecule has 4 nitrogen and oxygen atoms in total. The molecular formula is C16H14N2O2S2. The number of thiophene rings is 1. The maximum atomic E-state index is 12.3. The molecule has 22 heavy (non-hydrogen) atoms. The number of thiazole rings is 1. The Labute approximate surface area is 136 Å². The van der Waals surface area contributed by atoms with E-state index in [2.05, 4.69) is 10.3 Å². The second kappa shape index (κ2) is 6.29. The number of ether oxygens (including phenoxy) is 1. The molecule has 0 aliphatic heterocycles. The van der Waals surface area contributed by atoms with Gasteiger partial charge in [-0.3, -0.25) is 10.1 Å². The van der Waals surface area contributed by atoms with Crippen LogP contribution in [0, 0.1) is 6.92 Å². The van der Waals surface area contributed by atoms with Crippen LogP contribution in [-0.4, -0.2) is 18.0 Å². The van der Waals surface area contributed by atoms with Crippen LogP contribution in [0.1, 0.15) is 14.5 Å². The van der Waals surface area contributed by atoms with Gasteiger partial charge in [0.15, 0.2) is 5.13 Å². The van der Waals surface area contributed by atoms with Crippen molar-refractivity contribution in [2.75, 3.05) is 12.4 Å². The molecule has 0 spiro atoms. The second-order valence-corrected chi connectivity index (χ2v) is 6.75. The van der Waals surface area contributed by atoms with Crippen LogP contribution in [0.3, 0.4) is 0 Å². The Kier molecular flexibility index (Phi) is 4.22. The number of carbonyl (C=O) groups excluding carboxylic acids is 1. The van der Waals surface area contributed by atoms with Gasteiger partial charge in [-0.1, -0.05) is 12.1 Å². The van der Waals surface area contributed by atoms with Gasteiger partial charge >= 0.3 is 0 Å². The molecular weight excluding hydrogens is 316 g/mol. The SMILES string of the molecule is COc1ccc(-c2cc(C(=O)Nc3nccs3)sc2C)cc1. The van der Waals surface area contributed by atoms with Crippen molar-refractivity contribution in [2.45, 2.75) is 6.92 Å². The van der Waals surface area contributed by atoms with Crippen LogP contribution < -0.4 is 10.1 Å². The summed E-state index contributed by atoms with van der Waals surface area (Å²) in [4.78, 5) is 18.1. The Hall–Kier alpha value is -2.18. The highest BCUT2D eigenvalue weighted by molar-refractivity contribution is 7.15. The molecule has 0 aliphatic carbocycles. The van der Waals surface area contributed by atoms with Gasteiger partial charge in [0.1, 0.15) is 5.75 Å². The average molecular weight is 330 g/mol. The quantitative estimate of drug-likeness (QED) is 0.769. The summed E-state index contributed by atoms with van der Waals surface area (Å²) in [5.41, 5.74) is 2.14. The molecule has 0 aliphatic rings. The molecule has 0 saturated heterocycles. The number of hydrogen-bond acceptors (Lipinski definition) is 5. The normalized spacial score (nSPS) is 10.5. The number of anilines is 1. The molecule has 0 radical (unpaired) electrons. The number of carbonyl (C=O) groups is 1. The number of nitrogens with one attached hydrogen (secondary N) is 1. The number of hydrogen-bond donors (Lipinski definition) is 1. The lowest BCUT2D eigenvalue weighted by molar-refractivity contribution is 0.103. The Morgan fingerprint density at radius 3 is 2.68 bits per heavy atom. The molecule has 0 fully saturated rings. The lowest BCUT2D eigenvalue weighted by atomic mass is 10.1. The number of nitrogens with zero attached hydrogens (tertiary/aromatic N) is 1. The Morgan fingerprint density at radius 2 is 2.05 bits per heavy atom. The first kappa shape index (κ1) is 14.7. The molecule has 1 aromatic carbocycles. The van der Waals surface area contributed by atoms with E-state index in [9.17, 15) is 4.79 Å². The highest BCUT2D eigenvalue weighted by atomic mass is 32.1. The third-order valence-electron chi connectivity index (χ3n) is 3.20. The number of aryl methyl sites for hydroxylation is 1. The first-order chi connectivity index (χ1) is 10.7. The van der Waals surface area contributed by atoms with Crippen LogP contribution >= 0.6 is 22.7 Å². The summed E-state index contributed by atoms with van der Waals surface area (Å²) in [7, 11) is 1.64. The molecule has 0 atom stereocenters. The molecule has 0 unspecified atom stereocenters. The van der Waals surface area contributed by atoms with Crippen LogP contribution in [-0.2, 0) is 0 Å². The van der Waals surface area contributed by atoms with E-state index in [4.69, 9.17) is 4.74 Å². The highest BCUT2D eigenvalue weighted by Gasteiger charge is 2.14. The van der Waals surface area contributed by atoms with Crippen molar-refractivity contribution >= 4 is 33.7 Å². The fourth-order valence-corrected chi connectivity index (χ4v) is 3.56. The van der Waals surface area contributed by atoms with Crippen molar-refractivity contribution in [1.82, 2.24) is 4.98 Å². The van der Waals surface area contributed by atoms with Crippen molar-refractivity contribution in [3.8, 4) is 16.9 Å². The smallest absolute Gasteiger partial charge is 0.267 e. The van der Waals surface area contributed by atoms with Crippen LogP contribution in [0.25, 0.3) is 11.1 Å². The molecule has 1 N–H and O–H groups in total. The lowest BCUT2D eigenvalue weighted by Crippen LogP contribution is -2.09. The van der Waals surface area contributed by atoms with E-state index in [-0.39, 0.29) is 5.91 Å². The van der Waals surface area contributed by atoms with Crippen molar-refractivity contribution in [1.29, 1.82) is 0 Å². The first-order valence-corrected chi connectivity index (χ1v) is 8.32. The molecule has 0 bridgehead atoms. The number of amides is 1. The summed E-state index contributed by atoms with van der Waals surface area (Å²) in [6, 6.07) is 9.75.